The molecule has 0 spiro atoms. The van der Waals surface area contributed by atoms with Crippen molar-refractivity contribution in [2.24, 2.45) is 5.92 Å². The van der Waals surface area contributed by atoms with E-state index < -0.39 is 42.0 Å². The third-order valence-corrected chi connectivity index (χ3v) is 4.44. The summed E-state index contributed by atoms with van der Waals surface area (Å²) < 4.78 is 39.9. The number of benzene rings is 1. The number of carbonyl (C=O) groups is 2. The molecule has 4 nitrogen and oxygen atoms in total. The van der Waals surface area contributed by atoms with Gasteiger partial charge in [-0.25, -0.2) is 13.2 Å². The first kappa shape index (κ1) is 18.6. The molecule has 24 heavy (non-hydrogen) atoms. The van der Waals surface area contributed by atoms with Crippen LogP contribution in [0.1, 0.15) is 43.7 Å². The molecule has 2 N–H and O–H groups in total. The zero-order chi connectivity index (χ0) is 17.9. The number of rotatable bonds is 5. The molecule has 0 aliphatic heterocycles. The monoisotopic (exact) mass is 363 g/mol. The van der Waals surface area contributed by atoms with Crippen molar-refractivity contribution in [2.45, 2.75) is 44.1 Å². The van der Waals surface area contributed by atoms with Gasteiger partial charge in [0.05, 0.1) is 17.5 Å². The van der Waals surface area contributed by atoms with Gasteiger partial charge < -0.3 is 10.4 Å². The minimum absolute atomic E-state index is 0.0353. The predicted molar refractivity (Wildman–Crippen MR) is 81.5 cm³/mol. The molecule has 1 fully saturated rings. The van der Waals surface area contributed by atoms with Crippen LogP contribution < -0.4 is 5.32 Å². The Kier molecular flexibility index (Phi) is 5.74. The molecule has 2 rings (SSSR count). The molecule has 1 aliphatic carbocycles. The van der Waals surface area contributed by atoms with Gasteiger partial charge in [0, 0.05) is 18.8 Å². The fraction of sp³-hybridized carbons (Fsp3) is 0.500. The van der Waals surface area contributed by atoms with Gasteiger partial charge in [-0.1, -0.05) is 17.7 Å². The summed E-state index contributed by atoms with van der Waals surface area (Å²) in [6, 6.07) is 2.80. The predicted octanol–water partition coefficient (Wildman–Crippen LogP) is 3.94. The Morgan fingerprint density at radius 3 is 2.50 bits per heavy atom. The van der Waals surface area contributed by atoms with Crippen molar-refractivity contribution < 1.29 is 27.9 Å². The molecule has 0 bridgehead atoms. The normalized spacial score (nSPS) is 18.8. The second-order valence-electron chi connectivity index (χ2n) is 5.96. The summed E-state index contributed by atoms with van der Waals surface area (Å²) in [6.45, 7) is 0. The Balaban J connectivity index is 2.09. The van der Waals surface area contributed by atoms with Crippen molar-refractivity contribution in [2.75, 3.05) is 0 Å². The number of carboxylic acid groups (broad SMARTS) is 1. The van der Waals surface area contributed by atoms with Gasteiger partial charge in [0.1, 0.15) is 5.82 Å². The largest absolute Gasteiger partial charge is 0.481 e. The van der Waals surface area contributed by atoms with E-state index in [1.54, 1.807) is 0 Å². The van der Waals surface area contributed by atoms with E-state index in [2.05, 4.69) is 5.32 Å². The van der Waals surface area contributed by atoms with Crippen LogP contribution in [0.5, 0.6) is 0 Å². The minimum atomic E-state index is -2.75. The van der Waals surface area contributed by atoms with Crippen LogP contribution in [0, 0.1) is 11.7 Å². The van der Waals surface area contributed by atoms with Gasteiger partial charge in [-0.3, -0.25) is 9.59 Å². The summed E-state index contributed by atoms with van der Waals surface area (Å²) in [6.07, 6.45) is -1.12. The Morgan fingerprint density at radius 1 is 1.33 bits per heavy atom. The second-order valence-corrected chi connectivity index (χ2v) is 6.37. The number of nitrogens with one attached hydrogen (secondary N) is 1. The van der Waals surface area contributed by atoms with E-state index in [1.807, 2.05) is 0 Å². The topological polar surface area (TPSA) is 66.4 Å². The van der Waals surface area contributed by atoms with Gasteiger partial charge in [0.2, 0.25) is 11.8 Å². The second kappa shape index (κ2) is 7.42. The van der Waals surface area contributed by atoms with Crippen LogP contribution in [0.2, 0.25) is 5.02 Å². The lowest BCUT2D eigenvalue weighted by Crippen LogP contribution is -2.38. The number of alkyl halides is 2. The lowest BCUT2D eigenvalue weighted by atomic mass is 9.86. The first-order valence-corrected chi connectivity index (χ1v) is 7.91. The van der Waals surface area contributed by atoms with E-state index in [9.17, 15) is 22.8 Å². The molecule has 8 heteroatoms. The van der Waals surface area contributed by atoms with Crippen LogP contribution in [0.15, 0.2) is 18.2 Å². The quantitative estimate of drug-likeness (QED) is 0.832. The molecule has 0 radical (unpaired) electrons. The van der Waals surface area contributed by atoms with Gasteiger partial charge in [0.25, 0.3) is 0 Å². The number of aliphatic carboxylic acids is 1. The Morgan fingerprint density at radius 2 is 1.96 bits per heavy atom. The fourth-order valence-corrected chi connectivity index (χ4v) is 2.87. The van der Waals surface area contributed by atoms with Crippen molar-refractivity contribution in [1.29, 1.82) is 0 Å². The van der Waals surface area contributed by atoms with Gasteiger partial charge in [-0.05, 0) is 30.5 Å². The summed E-state index contributed by atoms with van der Waals surface area (Å²) >= 11 is 5.60. The van der Waals surface area contributed by atoms with Crippen molar-refractivity contribution in [3.63, 3.8) is 0 Å². The van der Waals surface area contributed by atoms with Crippen LogP contribution in [-0.2, 0) is 9.59 Å². The number of halogens is 4. The summed E-state index contributed by atoms with van der Waals surface area (Å²) in [4.78, 5) is 23.3. The molecular formula is C16H17ClF3NO3. The minimum Gasteiger partial charge on any atom is -0.481 e. The van der Waals surface area contributed by atoms with Crippen LogP contribution in [-0.4, -0.2) is 22.9 Å². The number of amides is 1. The molecule has 1 aromatic carbocycles. The molecule has 1 amide bonds. The van der Waals surface area contributed by atoms with Crippen molar-refractivity contribution in [1.82, 2.24) is 5.32 Å². The van der Waals surface area contributed by atoms with Gasteiger partial charge in [0.15, 0.2) is 0 Å². The SMILES string of the molecule is O=C(O)CC(NC(=O)C1CCC(F)(F)CC1)c1ccc(Cl)c(F)c1. The average Bonchev–Trinajstić information content (AvgIpc) is 2.48. The Bertz CT molecular complexity index is 629. The van der Waals surface area contributed by atoms with Gasteiger partial charge >= 0.3 is 5.97 Å². The fourth-order valence-electron chi connectivity index (χ4n) is 2.75. The van der Waals surface area contributed by atoms with Gasteiger partial charge in [-0.2, -0.15) is 0 Å². The molecule has 132 valence electrons. The number of carboxylic acids is 1. The van der Waals surface area contributed by atoms with Crippen LogP contribution >= 0.6 is 11.6 Å². The first-order valence-electron chi connectivity index (χ1n) is 7.53. The van der Waals surface area contributed by atoms with Crippen molar-refractivity contribution in [3.05, 3.63) is 34.6 Å². The van der Waals surface area contributed by atoms with Gasteiger partial charge in [-0.15, -0.1) is 0 Å². The maximum Gasteiger partial charge on any atom is 0.305 e. The highest BCUT2D eigenvalue weighted by Crippen LogP contribution is 2.36. The van der Waals surface area contributed by atoms with Crippen LogP contribution in [0.3, 0.4) is 0 Å². The maximum absolute atomic E-state index is 13.6. The third-order valence-electron chi connectivity index (χ3n) is 4.13. The number of hydrogen-bond donors (Lipinski definition) is 2. The zero-order valence-electron chi connectivity index (χ0n) is 12.7. The van der Waals surface area contributed by atoms with E-state index in [1.165, 1.54) is 12.1 Å². The van der Waals surface area contributed by atoms with E-state index in [-0.39, 0.29) is 36.3 Å². The highest BCUT2D eigenvalue weighted by molar-refractivity contribution is 6.30. The highest BCUT2D eigenvalue weighted by atomic mass is 35.5. The summed E-state index contributed by atoms with van der Waals surface area (Å²) in [5, 5.41) is 11.4. The van der Waals surface area contributed by atoms with E-state index >= 15 is 0 Å². The molecule has 0 aromatic heterocycles. The van der Waals surface area contributed by atoms with E-state index in [4.69, 9.17) is 16.7 Å². The molecule has 1 unspecified atom stereocenters. The lowest BCUT2D eigenvalue weighted by molar-refractivity contribution is -0.138. The molecule has 1 aromatic rings. The van der Waals surface area contributed by atoms with Crippen molar-refractivity contribution in [3.8, 4) is 0 Å². The lowest BCUT2D eigenvalue weighted by Gasteiger charge is -2.29. The Labute approximate surface area is 142 Å². The summed E-state index contributed by atoms with van der Waals surface area (Å²) in [5.74, 6) is -5.75. The molecule has 0 saturated heterocycles. The van der Waals surface area contributed by atoms with Crippen molar-refractivity contribution >= 4 is 23.5 Å². The molecule has 1 atom stereocenters. The molecular weight excluding hydrogens is 347 g/mol. The average molecular weight is 364 g/mol. The van der Waals surface area contributed by atoms with E-state index in [0.717, 1.165) is 6.07 Å². The molecule has 0 heterocycles. The molecule has 1 aliphatic rings. The van der Waals surface area contributed by atoms with E-state index in [0.29, 0.717) is 0 Å². The molecule has 1 saturated carbocycles. The maximum atomic E-state index is 13.6. The first-order chi connectivity index (χ1) is 11.2. The smallest absolute Gasteiger partial charge is 0.305 e. The summed E-state index contributed by atoms with van der Waals surface area (Å²) in [7, 11) is 0. The van der Waals surface area contributed by atoms with Crippen LogP contribution in [0.4, 0.5) is 13.2 Å². The number of carbonyl (C=O) groups excluding carboxylic acids is 1. The zero-order valence-corrected chi connectivity index (χ0v) is 13.5. The summed E-state index contributed by atoms with van der Waals surface area (Å²) in [5.41, 5.74) is 0.258. The standard InChI is InChI=1S/C16H17ClF3NO3/c17-11-2-1-10(7-12(11)18)13(8-14(22)23)21-15(24)9-3-5-16(19,20)6-4-9/h1-2,7,9,13H,3-6,8H2,(H,21,24)(H,22,23). The number of hydrogen-bond acceptors (Lipinski definition) is 2. The Hall–Kier alpha value is -1.76. The third kappa shape index (κ3) is 4.87. The van der Waals surface area contributed by atoms with Crippen LogP contribution in [0.25, 0.3) is 0 Å². The highest BCUT2D eigenvalue weighted by Gasteiger charge is 2.37.